The summed E-state index contributed by atoms with van der Waals surface area (Å²) in [6.45, 7) is 11.3. The van der Waals surface area contributed by atoms with E-state index >= 15 is 0 Å². The van der Waals surface area contributed by atoms with Gasteiger partial charge in [-0.25, -0.2) is 0 Å². The van der Waals surface area contributed by atoms with E-state index in [1.165, 1.54) is 6.42 Å². The number of ether oxygens (including phenoxy) is 1. The Labute approximate surface area is 82.8 Å². The fourth-order valence-electron chi connectivity index (χ4n) is 1.36. The summed E-state index contributed by atoms with van der Waals surface area (Å²) in [6, 6.07) is 0.141. The van der Waals surface area contributed by atoms with Crippen LogP contribution in [0, 0.1) is 5.92 Å². The molecule has 0 aromatic rings. The Bertz CT molecular complexity index is 134. The summed E-state index contributed by atoms with van der Waals surface area (Å²) < 4.78 is 5.61. The Morgan fingerprint density at radius 2 is 1.85 bits per heavy atom. The molecule has 0 spiro atoms. The zero-order chi connectivity index (χ0) is 10.5. The van der Waals surface area contributed by atoms with Crippen molar-refractivity contribution in [2.24, 2.45) is 11.7 Å². The van der Waals surface area contributed by atoms with Gasteiger partial charge in [0.25, 0.3) is 0 Å². The molecular formula is C11H25NO. The fraction of sp³-hybridized carbons (Fsp3) is 1.00. The van der Waals surface area contributed by atoms with Crippen LogP contribution in [0.2, 0.25) is 0 Å². The summed E-state index contributed by atoms with van der Waals surface area (Å²) in [5.41, 5.74) is 5.91. The lowest BCUT2D eigenvalue weighted by Gasteiger charge is -2.32. The van der Waals surface area contributed by atoms with Crippen LogP contribution in [0.15, 0.2) is 0 Å². The van der Waals surface area contributed by atoms with E-state index in [0.717, 1.165) is 13.0 Å². The highest BCUT2D eigenvalue weighted by Gasteiger charge is 2.27. The van der Waals surface area contributed by atoms with Crippen molar-refractivity contribution >= 4 is 0 Å². The van der Waals surface area contributed by atoms with Crippen molar-refractivity contribution < 1.29 is 4.74 Å². The maximum absolute atomic E-state index is 6.09. The quantitative estimate of drug-likeness (QED) is 0.693. The lowest BCUT2D eigenvalue weighted by Crippen LogP contribution is -2.46. The van der Waals surface area contributed by atoms with Crippen molar-refractivity contribution in [1.29, 1.82) is 0 Å². The first kappa shape index (κ1) is 12.9. The van der Waals surface area contributed by atoms with Gasteiger partial charge < -0.3 is 10.5 Å². The second-order valence-electron chi connectivity index (χ2n) is 4.39. The summed E-state index contributed by atoms with van der Waals surface area (Å²) in [5.74, 6) is 0.690. The molecule has 13 heavy (non-hydrogen) atoms. The van der Waals surface area contributed by atoms with E-state index in [-0.39, 0.29) is 11.6 Å². The molecule has 0 aromatic heterocycles. The van der Waals surface area contributed by atoms with Gasteiger partial charge in [-0.05, 0) is 33.1 Å². The van der Waals surface area contributed by atoms with Gasteiger partial charge in [0.15, 0.2) is 0 Å². The van der Waals surface area contributed by atoms with Gasteiger partial charge in [-0.2, -0.15) is 0 Å². The molecule has 2 heteroatoms. The molecule has 0 fully saturated rings. The predicted octanol–water partition coefficient (Wildman–Crippen LogP) is 2.57. The van der Waals surface area contributed by atoms with Gasteiger partial charge in [0.05, 0.1) is 5.60 Å². The molecule has 0 heterocycles. The summed E-state index contributed by atoms with van der Waals surface area (Å²) in [4.78, 5) is 0. The second kappa shape index (κ2) is 5.61. The molecule has 0 bridgehead atoms. The van der Waals surface area contributed by atoms with Crippen molar-refractivity contribution in [1.82, 2.24) is 0 Å². The first-order valence-corrected chi connectivity index (χ1v) is 5.33. The first-order valence-electron chi connectivity index (χ1n) is 5.33. The zero-order valence-corrected chi connectivity index (χ0v) is 9.76. The Balaban J connectivity index is 3.99. The molecule has 0 amide bonds. The molecule has 0 rings (SSSR count). The van der Waals surface area contributed by atoms with Crippen LogP contribution in [0.5, 0.6) is 0 Å². The van der Waals surface area contributed by atoms with Crippen molar-refractivity contribution in [3.63, 3.8) is 0 Å². The molecule has 2 nitrogen and oxygen atoms in total. The predicted molar refractivity (Wildman–Crippen MR) is 57.8 cm³/mol. The normalized spacial score (nSPS) is 17.1. The van der Waals surface area contributed by atoms with Crippen molar-refractivity contribution in [3.05, 3.63) is 0 Å². The Morgan fingerprint density at radius 1 is 1.31 bits per heavy atom. The standard InChI is InChI=1S/C11H25NO/c1-6-9(3)8-10(12)11(4,5)13-7-2/h9-10H,6-8,12H2,1-5H3. The van der Waals surface area contributed by atoms with Crippen LogP contribution in [0.25, 0.3) is 0 Å². The zero-order valence-electron chi connectivity index (χ0n) is 9.76. The third-order valence-electron chi connectivity index (χ3n) is 2.76. The van der Waals surface area contributed by atoms with E-state index in [9.17, 15) is 0 Å². The third kappa shape index (κ3) is 4.63. The molecule has 0 aliphatic carbocycles. The molecule has 2 atom stereocenters. The summed E-state index contributed by atoms with van der Waals surface area (Å²) in [5, 5.41) is 0. The molecule has 0 aliphatic rings. The van der Waals surface area contributed by atoms with Crippen LogP contribution in [-0.4, -0.2) is 18.2 Å². The van der Waals surface area contributed by atoms with E-state index in [1.54, 1.807) is 0 Å². The van der Waals surface area contributed by atoms with Crippen LogP contribution in [-0.2, 0) is 4.74 Å². The van der Waals surface area contributed by atoms with Crippen molar-refractivity contribution in [2.45, 2.75) is 59.1 Å². The van der Waals surface area contributed by atoms with E-state index < -0.39 is 0 Å². The highest BCUT2D eigenvalue weighted by Crippen LogP contribution is 2.20. The van der Waals surface area contributed by atoms with Crippen molar-refractivity contribution in [3.8, 4) is 0 Å². The largest absolute Gasteiger partial charge is 0.374 e. The second-order valence-corrected chi connectivity index (χ2v) is 4.39. The first-order chi connectivity index (χ1) is 5.94. The highest BCUT2D eigenvalue weighted by atomic mass is 16.5. The minimum atomic E-state index is -0.182. The van der Waals surface area contributed by atoms with Crippen molar-refractivity contribution in [2.75, 3.05) is 6.61 Å². The van der Waals surface area contributed by atoms with Gasteiger partial charge >= 0.3 is 0 Å². The van der Waals surface area contributed by atoms with Gasteiger partial charge in [0.1, 0.15) is 0 Å². The van der Waals surface area contributed by atoms with Crippen LogP contribution < -0.4 is 5.73 Å². The molecule has 0 aliphatic heterocycles. The fourth-order valence-corrected chi connectivity index (χ4v) is 1.36. The molecule has 2 N–H and O–H groups in total. The van der Waals surface area contributed by atoms with Crippen LogP contribution in [0.3, 0.4) is 0 Å². The van der Waals surface area contributed by atoms with Gasteiger partial charge in [0, 0.05) is 12.6 Å². The van der Waals surface area contributed by atoms with Crippen LogP contribution >= 0.6 is 0 Å². The average Bonchev–Trinajstić information content (AvgIpc) is 2.04. The lowest BCUT2D eigenvalue weighted by atomic mass is 9.89. The maximum Gasteiger partial charge on any atom is 0.0776 e. The monoisotopic (exact) mass is 187 g/mol. The Morgan fingerprint density at radius 3 is 2.23 bits per heavy atom. The molecule has 80 valence electrons. The molecule has 2 unspecified atom stereocenters. The van der Waals surface area contributed by atoms with Crippen LogP contribution in [0.4, 0.5) is 0 Å². The highest BCUT2D eigenvalue weighted by molar-refractivity contribution is 4.83. The van der Waals surface area contributed by atoms with Crippen LogP contribution in [0.1, 0.15) is 47.5 Å². The SMILES string of the molecule is CCOC(C)(C)C(N)CC(C)CC. The topological polar surface area (TPSA) is 35.2 Å². The maximum atomic E-state index is 6.09. The van der Waals surface area contributed by atoms with E-state index in [4.69, 9.17) is 10.5 Å². The minimum absolute atomic E-state index is 0.141. The molecule has 0 radical (unpaired) electrons. The molecular weight excluding hydrogens is 162 g/mol. The number of nitrogens with two attached hydrogens (primary N) is 1. The smallest absolute Gasteiger partial charge is 0.0776 e. The van der Waals surface area contributed by atoms with E-state index in [1.807, 2.05) is 6.92 Å². The molecule has 0 aromatic carbocycles. The lowest BCUT2D eigenvalue weighted by molar-refractivity contribution is -0.0336. The van der Waals surface area contributed by atoms with Gasteiger partial charge in [-0.3, -0.25) is 0 Å². The Hall–Kier alpha value is -0.0800. The van der Waals surface area contributed by atoms with Gasteiger partial charge in [-0.15, -0.1) is 0 Å². The van der Waals surface area contributed by atoms with E-state index in [2.05, 4.69) is 27.7 Å². The molecule has 0 saturated heterocycles. The summed E-state index contributed by atoms with van der Waals surface area (Å²) in [6.07, 6.45) is 2.24. The molecule has 0 saturated carbocycles. The summed E-state index contributed by atoms with van der Waals surface area (Å²) >= 11 is 0. The third-order valence-corrected chi connectivity index (χ3v) is 2.76. The van der Waals surface area contributed by atoms with Gasteiger partial charge in [0.2, 0.25) is 0 Å². The summed E-state index contributed by atoms with van der Waals surface area (Å²) in [7, 11) is 0. The Kier molecular flexibility index (Phi) is 5.57. The average molecular weight is 187 g/mol. The number of rotatable bonds is 6. The van der Waals surface area contributed by atoms with E-state index in [0.29, 0.717) is 5.92 Å². The number of hydrogen-bond acceptors (Lipinski definition) is 2. The van der Waals surface area contributed by atoms with Gasteiger partial charge in [-0.1, -0.05) is 20.3 Å². The minimum Gasteiger partial charge on any atom is -0.374 e. The number of hydrogen-bond donors (Lipinski definition) is 1.